The van der Waals surface area contributed by atoms with Crippen molar-refractivity contribution < 1.29 is 0 Å². The van der Waals surface area contributed by atoms with Crippen molar-refractivity contribution in [3.63, 3.8) is 0 Å². The summed E-state index contributed by atoms with van der Waals surface area (Å²) in [5.74, 6) is 7.03. The monoisotopic (exact) mass is 291 g/mol. The van der Waals surface area contributed by atoms with E-state index >= 15 is 0 Å². The summed E-state index contributed by atoms with van der Waals surface area (Å²) in [6.07, 6.45) is 2.21. The van der Waals surface area contributed by atoms with Crippen LogP contribution in [0.25, 0.3) is 10.2 Å². The van der Waals surface area contributed by atoms with Gasteiger partial charge in [0.05, 0.1) is 5.39 Å². The second-order valence-corrected chi connectivity index (χ2v) is 7.25. The Morgan fingerprint density at radius 2 is 2.25 bits per heavy atom. The van der Waals surface area contributed by atoms with Gasteiger partial charge < -0.3 is 4.90 Å². The van der Waals surface area contributed by atoms with Gasteiger partial charge >= 0.3 is 0 Å². The van der Waals surface area contributed by atoms with Crippen LogP contribution in [0, 0.1) is 5.41 Å². The molecule has 2 aromatic rings. The maximum Gasteiger partial charge on any atom is 0.240 e. The van der Waals surface area contributed by atoms with E-state index in [4.69, 9.17) is 5.84 Å². The quantitative estimate of drug-likeness (QED) is 0.672. The lowest BCUT2D eigenvalue weighted by molar-refractivity contribution is 0.418. The number of rotatable bonds is 3. The molecule has 0 bridgehead atoms. The van der Waals surface area contributed by atoms with Crippen molar-refractivity contribution in [1.82, 2.24) is 9.97 Å². The topological polar surface area (TPSA) is 67.1 Å². The average molecular weight is 291 g/mol. The van der Waals surface area contributed by atoms with E-state index in [-0.39, 0.29) is 0 Å². The highest BCUT2D eigenvalue weighted by molar-refractivity contribution is 7.18. The van der Waals surface area contributed by atoms with Crippen LogP contribution in [-0.4, -0.2) is 23.1 Å². The van der Waals surface area contributed by atoms with Crippen LogP contribution in [0.4, 0.5) is 11.8 Å². The highest BCUT2D eigenvalue weighted by atomic mass is 32.1. The van der Waals surface area contributed by atoms with Crippen molar-refractivity contribution in [3.8, 4) is 0 Å². The summed E-state index contributed by atoms with van der Waals surface area (Å²) in [5.41, 5.74) is 2.93. The molecule has 0 unspecified atom stereocenters. The van der Waals surface area contributed by atoms with E-state index in [0.29, 0.717) is 11.4 Å². The van der Waals surface area contributed by atoms with Crippen LogP contribution in [0.2, 0.25) is 0 Å². The van der Waals surface area contributed by atoms with E-state index in [9.17, 15) is 0 Å². The summed E-state index contributed by atoms with van der Waals surface area (Å²) in [6.45, 7) is 8.84. The van der Waals surface area contributed by atoms with E-state index < -0.39 is 0 Å². The molecule has 2 aromatic heterocycles. The minimum absolute atomic E-state index is 0.344. The molecule has 20 heavy (non-hydrogen) atoms. The molecule has 0 amide bonds. The average Bonchev–Trinajstić information content (AvgIpc) is 2.99. The number of anilines is 2. The van der Waals surface area contributed by atoms with Gasteiger partial charge in [0.1, 0.15) is 10.6 Å². The minimum atomic E-state index is 0.344. The number of thiophene rings is 1. The Morgan fingerprint density at radius 3 is 2.85 bits per heavy atom. The van der Waals surface area contributed by atoms with Gasteiger partial charge in [-0.05, 0) is 24.3 Å². The van der Waals surface area contributed by atoms with Crippen LogP contribution in [0.15, 0.2) is 6.07 Å². The third-order valence-corrected chi connectivity index (χ3v) is 5.05. The van der Waals surface area contributed by atoms with Gasteiger partial charge in [-0.3, -0.25) is 5.43 Å². The third kappa shape index (κ3) is 2.33. The molecule has 0 aliphatic carbocycles. The number of hydrogen-bond donors (Lipinski definition) is 2. The lowest BCUT2D eigenvalue weighted by Crippen LogP contribution is -2.24. The summed E-state index contributed by atoms with van der Waals surface area (Å²) in [6, 6.07) is 2.22. The van der Waals surface area contributed by atoms with E-state index in [1.54, 1.807) is 11.3 Å². The molecule has 1 aliphatic rings. The zero-order valence-electron chi connectivity index (χ0n) is 12.2. The molecule has 1 aliphatic heterocycles. The molecule has 5 nitrogen and oxygen atoms in total. The number of nitrogens with zero attached hydrogens (tertiary/aromatic N) is 3. The molecule has 0 aromatic carbocycles. The second-order valence-electron chi connectivity index (χ2n) is 6.14. The van der Waals surface area contributed by atoms with Crippen LogP contribution >= 0.6 is 11.3 Å². The van der Waals surface area contributed by atoms with Gasteiger partial charge in [0, 0.05) is 18.0 Å². The fraction of sp³-hybridized carbons (Fsp3) is 0.571. The Morgan fingerprint density at radius 1 is 1.45 bits per heavy atom. The third-order valence-electron chi connectivity index (χ3n) is 3.88. The van der Waals surface area contributed by atoms with Crippen molar-refractivity contribution in [2.75, 3.05) is 23.4 Å². The van der Waals surface area contributed by atoms with Crippen molar-refractivity contribution in [2.45, 2.75) is 33.6 Å². The van der Waals surface area contributed by atoms with Crippen molar-refractivity contribution >= 4 is 33.3 Å². The zero-order valence-corrected chi connectivity index (χ0v) is 13.0. The number of nitrogens with one attached hydrogen (secondary N) is 1. The van der Waals surface area contributed by atoms with Gasteiger partial charge in [-0.15, -0.1) is 11.3 Å². The first-order chi connectivity index (χ1) is 9.52. The molecule has 3 rings (SSSR count). The summed E-state index contributed by atoms with van der Waals surface area (Å²) >= 11 is 1.73. The Labute approximate surface area is 123 Å². The van der Waals surface area contributed by atoms with Crippen LogP contribution in [0.5, 0.6) is 0 Å². The predicted octanol–water partition coefficient (Wildman–Crippen LogP) is 2.78. The number of aryl methyl sites for hydroxylation is 1. The van der Waals surface area contributed by atoms with Gasteiger partial charge in [-0.1, -0.05) is 20.8 Å². The number of nitrogens with two attached hydrogens (primary N) is 1. The minimum Gasteiger partial charge on any atom is -0.355 e. The molecule has 1 fully saturated rings. The molecular formula is C14H21N5S. The molecule has 0 spiro atoms. The molecule has 6 heteroatoms. The van der Waals surface area contributed by atoms with Crippen LogP contribution in [-0.2, 0) is 6.42 Å². The van der Waals surface area contributed by atoms with Crippen LogP contribution < -0.4 is 16.2 Å². The molecular weight excluding hydrogens is 270 g/mol. The van der Waals surface area contributed by atoms with Crippen LogP contribution in [0.3, 0.4) is 0 Å². The lowest BCUT2D eigenvalue weighted by Gasteiger charge is -2.21. The SMILES string of the molecule is CCc1cc2c(N3CCC(C)(C)C3)nc(NN)nc2s1. The Hall–Kier alpha value is -1.40. The number of hydrazine groups is 1. The van der Waals surface area contributed by atoms with E-state index in [0.717, 1.165) is 35.5 Å². The van der Waals surface area contributed by atoms with Gasteiger partial charge in [0.2, 0.25) is 5.95 Å². The Kier molecular flexibility index (Phi) is 3.30. The first-order valence-corrected chi connectivity index (χ1v) is 7.86. The van der Waals surface area contributed by atoms with Crippen molar-refractivity contribution in [3.05, 3.63) is 10.9 Å². The molecule has 0 saturated carbocycles. The molecule has 0 atom stereocenters. The fourth-order valence-corrected chi connectivity index (χ4v) is 3.69. The largest absolute Gasteiger partial charge is 0.355 e. The summed E-state index contributed by atoms with van der Waals surface area (Å²) in [4.78, 5) is 13.8. The molecule has 0 radical (unpaired) electrons. The van der Waals surface area contributed by atoms with Gasteiger partial charge in [-0.25, -0.2) is 10.8 Å². The molecule has 3 heterocycles. The molecule has 3 N–H and O–H groups in total. The zero-order chi connectivity index (χ0) is 14.3. The summed E-state index contributed by atoms with van der Waals surface area (Å²) < 4.78 is 0. The van der Waals surface area contributed by atoms with Gasteiger partial charge in [0.25, 0.3) is 0 Å². The van der Waals surface area contributed by atoms with Crippen LogP contribution in [0.1, 0.15) is 32.1 Å². The van der Waals surface area contributed by atoms with Gasteiger partial charge in [0.15, 0.2) is 0 Å². The Bertz CT molecular complexity index is 634. The predicted molar refractivity (Wildman–Crippen MR) is 85.2 cm³/mol. The van der Waals surface area contributed by atoms with Crippen molar-refractivity contribution in [2.24, 2.45) is 11.3 Å². The fourth-order valence-electron chi connectivity index (χ4n) is 2.73. The first-order valence-electron chi connectivity index (χ1n) is 7.04. The summed E-state index contributed by atoms with van der Waals surface area (Å²) in [5, 5.41) is 1.16. The van der Waals surface area contributed by atoms with E-state index in [1.165, 1.54) is 11.3 Å². The molecule has 1 saturated heterocycles. The highest BCUT2D eigenvalue weighted by Gasteiger charge is 2.31. The first kappa shape index (κ1) is 13.6. The normalized spacial score (nSPS) is 17.9. The van der Waals surface area contributed by atoms with Crippen molar-refractivity contribution in [1.29, 1.82) is 0 Å². The smallest absolute Gasteiger partial charge is 0.240 e. The Balaban J connectivity index is 2.10. The molecule has 108 valence electrons. The lowest BCUT2D eigenvalue weighted by atomic mass is 9.93. The standard InChI is InChI=1S/C14H21N5S/c1-4-9-7-10-11(19-6-5-14(2,3)8-19)16-13(18-15)17-12(10)20-9/h7H,4-6,8,15H2,1-3H3,(H,16,17,18). The maximum absolute atomic E-state index is 5.51. The summed E-state index contributed by atoms with van der Waals surface area (Å²) in [7, 11) is 0. The number of hydrogen-bond acceptors (Lipinski definition) is 6. The van der Waals surface area contributed by atoms with E-state index in [2.05, 4.69) is 47.1 Å². The number of nitrogen functional groups attached to an aromatic ring is 1. The highest BCUT2D eigenvalue weighted by Crippen LogP contribution is 2.37. The van der Waals surface area contributed by atoms with E-state index in [1.807, 2.05) is 0 Å². The number of aromatic nitrogens is 2. The van der Waals surface area contributed by atoms with Gasteiger partial charge in [-0.2, -0.15) is 4.98 Å². The maximum atomic E-state index is 5.51. The number of fused-ring (bicyclic) bond motifs is 1. The second kappa shape index (κ2) is 4.86.